The number of carbonyl (C=O) groups excluding carboxylic acids is 1. The van der Waals surface area contributed by atoms with E-state index in [-0.39, 0.29) is 12.0 Å². The summed E-state index contributed by atoms with van der Waals surface area (Å²) in [4.78, 5) is 15.4. The van der Waals surface area contributed by atoms with E-state index in [2.05, 4.69) is 20.5 Å². The zero-order valence-electron chi connectivity index (χ0n) is 9.71. The molecule has 1 aromatic carbocycles. The molecular weight excluding hydrogens is 236 g/mol. The van der Waals surface area contributed by atoms with Crippen molar-refractivity contribution < 1.29 is 14.3 Å². The third-order valence-electron chi connectivity index (χ3n) is 1.91. The molecule has 0 aliphatic rings. The fourth-order valence-electron chi connectivity index (χ4n) is 1.21. The minimum absolute atomic E-state index is 0.166. The van der Waals surface area contributed by atoms with E-state index in [4.69, 9.17) is 9.47 Å². The van der Waals surface area contributed by atoms with E-state index in [9.17, 15) is 4.79 Å². The highest BCUT2D eigenvalue weighted by Gasteiger charge is 2.09. The van der Waals surface area contributed by atoms with Gasteiger partial charge in [0, 0.05) is 0 Å². The fourth-order valence-corrected chi connectivity index (χ4v) is 1.21. The van der Waals surface area contributed by atoms with Crippen molar-refractivity contribution in [3.63, 3.8) is 0 Å². The van der Waals surface area contributed by atoms with Gasteiger partial charge < -0.3 is 9.47 Å². The van der Waals surface area contributed by atoms with Gasteiger partial charge in [0.25, 0.3) is 0 Å². The molecule has 0 aliphatic carbocycles. The number of para-hydroxylation sites is 1. The number of hydrogen-bond acceptors (Lipinski definition) is 5. The summed E-state index contributed by atoms with van der Waals surface area (Å²) in [5.74, 6) is 0.610. The van der Waals surface area contributed by atoms with Gasteiger partial charge in [0.1, 0.15) is 5.75 Å². The Morgan fingerprint density at radius 1 is 1.39 bits per heavy atom. The van der Waals surface area contributed by atoms with Crippen LogP contribution in [0.15, 0.2) is 30.3 Å². The summed E-state index contributed by atoms with van der Waals surface area (Å²) in [6.45, 7) is 2.26. The van der Waals surface area contributed by atoms with Crippen LogP contribution in [0.25, 0.3) is 0 Å². The number of aromatic nitrogens is 3. The number of ether oxygens (including phenoxy) is 2. The van der Waals surface area contributed by atoms with Crippen LogP contribution < -0.4 is 14.8 Å². The van der Waals surface area contributed by atoms with Crippen molar-refractivity contribution in [3.05, 3.63) is 30.3 Å². The SMILES string of the molecule is CCOc1n[nH]c(NC(=O)Oc2ccccc2)n1. The van der Waals surface area contributed by atoms with Gasteiger partial charge in [0.15, 0.2) is 0 Å². The number of nitrogens with zero attached hydrogens (tertiary/aromatic N) is 2. The first-order chi connectivity index (χ1) is 8.78. The van der Waals surface area contributed by atoms with Gasteiger partial charge in [0.05, 0.1) is 6.61 Å². The number of amides is 1. The number of anilines is 1. The second kappa shape index (κ2) is 5.67. The largest absolute Gasteiger partial charge is 0.463 e. The molecule has 0 saturated carbocycles. The second-order valence-corrected chi connectivity index (χ2v) is 3.23. The standard InChI is InChI=1S/C11H12N4O3/c1-2-17-10-12-9(14-15-10)13-11(16)18-8-6-4-3-5-7-8/h3-7H,2H2,1H3,(H2,12,13,14,15,16). The Labute approximate surface area is 103 Å². The molecule has 2 rings (SSSR count). The van der Waals surface area contributed by atoms with Gasteiger partial charge in [-0.2, -0.15) is 4.98 Å². The van der Waals surface area contributed by atoms with Crippen LogP contribution in [0.1, 0.15) is 6.92 Å². The quantitative estimate of drug-likeness (QED) is 0.861. The van der Waals surface area contributed by atoms with E-state index in [0.717, 1.165) is 0 Å². The average molecular weight is 248 g/mol. The van der Waals surface area contributed by atoms with E-state index >= 15 is 0 Å². The van der Waals surface area contributed by atoms with Crippen LogP contribution in [-0.4, -0.2) is 27.9 Å². The van der Waals surface area contributed by atoms with Gasteiger partial charge in [-0.1, -0.05) is 18.2 Å². The maximum atomic E-state index is 11.5. The molecular formula is C11H12N4O3. The maximum absolute atomic E-state index is 11.5. The molecule has 7 heteroatoms. The molecule has 2 aromatic rings. The minimum Gasteiger partial charge on any atom is -0.463 e. The molecule has 0 atom stereocenters. The molecule has 2 N–H and O–H groups in total. The number of H-pyrrole nitrogens is 1. The number of rotatable bonds is 4. The average Bonchev–Trinajstić information content (AvgIpc) is 2.78. The summed E-state index contributed by atoms with van der Waals surface area (Å²) in [5.41, 5.74) is 0. The highest BCUT2D eigenvalue weighted by molar-refractivity contribution is 5.84. The van der Waals surface area contributed by atoms with Gasteiger partial charge in [-0.15, -0.1) is 5.10 Å². The zero-order valence-corrected chi connectivity index (χ0v) is 9.71. The van der Waals surface area contributed by atoms with Crippen molar-refractivity contribution in [2.75, 3.05) is 11.9 Å². The van der Waals surface area contributed by atoms with Gasteiger partial charge >= 0.3 is 12.1 Å². The summed E-state index contributed by atoms with van der Waals surface area (Å²) >= 11 is 0. The Balaban J connectivity index is 1.90. The van der Waals surface area contributed by atoms with E-state index < -0.39 is 6.09 Å². The molecule has 0 unspecified atom stereocenters. The number of benzene rings is 1. The van der Waals surface area contributed by atoms with Crippen molar-refractivity contribution in [2.45, 2.75) is 6.92 Å². The molecule has 1 heterocycles. The molecule has 0 bridgehead atoms. The summed E-state index contributed by atoms with van der Waals surface area (Å²) < 4.78 is 10.0. The first-order valence-corrected chi connectivity index (χ1v) is 5.37. The van der Waals surface area contributed by atoms with Gasteiger partial charge in [-0.05, 0) is 19.1 Å². The van der Waals surface area contributed by atoms with Crippen molar-refractivity contribution in [1.82, 2.24) is 15.2 Å². The Morgan fingerprint density at radius 2 is 2.17 bits per heavy atom. The van der Waals surface area contributed by atoms with Crippen LogP contribution in [0.2, 0.25) is 0 Å². The van der Waals surface area contributed by atoms with Crippen LogP contribution in [0.5, 0.6) is 11.8 Å². The molecule has 94 valence electrons. The summed E-state index contributed by atoms with van der Waals surface area (Å²) in [6, 6.07) is 8.88. The predicted molar refractivity (Wildman–Crippen MR) is 63.6 cm³/mol. The molecule has 0 fully saturated rings. The number of hydrogen-bond donors (Lipinski definition) is 2. The smallest absolute Gasteiger partial charge is 0.419 e. The predicted octanol–water partition coefficient (Wildman–Crippen LogP) is 1.81. The number of aromatic amines is 1. The summed E-state index contributed by atoms with van der Waals surface area (Å²) in [5, 5.41) is 8.65. The fraction of sp³-hybridized carbons (Fsp3) is 0.182. The summed E-state index contributed by atoms with van der Waals surface area (Å²) in [7, 11) is 0. The molecule has 0 radical (unpaired) electrons. The number of nitrogens with one attached hydrogen (secondary N) is 2. The maximum Gasteiger partial charge on any atom is 0.419 e. The van der Waals surface area contributed by atoms with E-state index in [1.807, 2.05) is 13.0 Å². The van der Waals surface area contributed by atoms with Crippen molar-refractivity contribution in [3.8, 4) is 11.8 Å². The first kappa shape index (κ1) is 11.9. The van der Waals surface area contributed by atoms with Crippen molar-refractivity contribution >= 4 is 12.0 Å². The Kier molecular flexibility index (Phi) is 3.75. The third-order valence-corrected chi connectivity index (χ3v) is 1.91. The van der Waals surface area contributed by atoms with Gasteiger partial charge in [-0.3, -0.25) is 5.32 Å². The molecule has 0 spiro atoms. The molecule has 0 saturated heterocycles. The summed E-state index contributed by atoms with van der Waals surface area (Å²) in [6.07, 6.45) is -0.652. The van der Waals surface area contributed by atoms with E-state index in [0.29, 0.717) is 12.4 Å². The zero-order chi connectivity index (χ0) is 12.8. The second-order valence-electron chi connectivity index (χ2n) is 3.23. The lowest BCUT2D eigenvalue weighted by molar-refractivity contribution is 0.215. The normalized spacial score (nSPS) is 9.83. The molecule has 1 amide bonds. The highest BCUT2D eigenvalue weighted by atomic mass is 16.6. The van der Waals surface area contributed by atoms with Crippen LogP contribution in [0, 0.1) is 0 Å². The van der Waals surface area contributed by atoms with Crippen LogP contribution in [0.4, 0.5) is 10.7 Å². The van der Waals surface area contributed by atoms with E-state index in [1.54, 1.807) is 24.3 Å². The van der Waals surface area contributed by atoms with Crippen molar-refractivity contribution in [2.24, 2.45) is 0 Å². The van der Waals surface area contributed by atoms with Crippen LogP contribution in [0.3, 0.4) is 0 Å². The Bertz CT molecular complexity index is 512. The monoisotopic (exact) mass is 248 g/mol. The Morgan fingerprint density at radius 3 is 2.89 bits per heavy atom. The van der Waals surface area contributed by atoms with Gasteiger partial charge in [0.2, 0.25) is 5.95 Å². The van der Waals surface area contributed by atoms with E-state index in [1.165, 1.54) is 0 Å². The first-order valence-electron chi connectivity index (χ1n) is 5.37. The molecule has 0 aliphatic heterocycles. The van der Waals surface area contributed by atoms with Crippen LogP contribution >= 0.6 is 0 Å². The van der Waals surface area contributed by atoms with Crippen LogP contribution in [-0.2, 0) is 0 Å². The topological polar surface area (TPSA) is 89.1 Å². The van der Waals surface area contributed by atoms with Gasteiger partial charge in [-0.25, -0.2) is 9.89 Å². The highest BCUT2D eigenvalue weighted by Crippen LogP contribution is 2.10. The number of carbonyl (C=O) groups is 1. The molecule has 7 nitrogen and oxygen atoms in total. The van der Waals surface area contributed by atoms with Crippen molar-refractivity contribution in [1.29, 1.82) is 0 Å². The third kappa shape index (κ3) is 3.21. The Hall–Kier alpha value is -2.57. The lowest BCUT2D eigenvalue weighted by Gasteiger charge is -2.02. The molecule has 18 heavy (non-hydrogen) atoms. The molecule has 1 aromatic heterocycles. The lowest BCUT2D eigenvalue weighted by atomic mass is 10.3. The minimum atomic E-state index is -0.652. The lowest BCUT2D eigenvalue weighted by Crippen LogP contribution is -2.17.